The molecular formula is C10H15N3O2. The fraction of sp³-hybridized carbons (Fsp3) is 0.500. The van der Waals surface area contributed by atoms with E-state index in [0.717, 1.165) is 0 Å². The number of ether oxygens (including phenoxy) is 1. The number of esters is 1. The average Bonchev–Trinajstić information content (AvgIpc) is 2.14. The van der Waals surface area contributed by atoms with Crippen LogP contribution in [0.15, 0.2) is 18.6 Å². The highest BCUT2D eigenvalue weighted by atomic mass is 16.6. The third kappa shape index (κ3) is 4.95. The van der Waals surface area contributed by atoms with E-state index in [1.807, 2.05) is 20.8 Å². The predicted octanol–water partition coefficient (Wildman–Crippen LogP) is 1.23. The number of nitrogens with one attached hydrogen (secondary N) is 1. The second kappa shape index (κ2) is 4.72. The van der Waals surface area contributed by atoms with Crippen molar-refractivity contribution in [3.63, 3.8) is 0 Å². The highest BCUT2D eigenvalue weighted by molar-refractivity contribution is 5.74. The van der Waals surface area contributed by atoms with Gasteiger partial charge in [-0.1, -0.05) is 0 Å². The van der Waals surface area contributed by atoms with Crippen LogP contribution in [-0.2, 0) is 9.53 Å². The van der Waals surface area contributed by atoms with Crippen molar-refractivity contribution in [2.75, 3.05) is 11.9 Å². The van der Waals surface area contributed by atoms with Gasteiger partial charge in [-0.25, -0.2) is 4.98 Å². The summed E-state index contributed by atoms with van der Waals surface area (Å²) in [6.45, 7) is 5.57. The fourth-order valence-corrected chi connectivity index (χ4v) is 0.931. The molecule has 1 aromatic heterocycles. The van der Waals surface area contributed by atoms with Gasteiger partial charge in [-0.05, 0) is 20.8 Å². The first-order valence-corrected chi connectivity index (χ1v) is 4.69. The summed E-state index contributed by atoms with van der Waals surface area (Å²) in [6, 6.07) is 0. The number of hydrogen-bond donors (Lipinski definition) is 1. The van der Waals surface area contributed by atoms with E-state index in [-0.39, 0.29) is 12.5 Å². The van der Waals surface area contributed by atoms with Crippen LogP contribution < -0.4 is 5.32 Å². The Labute approximate surface area is 88.9 Å². The minimum atomic E-state index is -0.457. The third-order valence-corrected chi connectivity index (χ3v) is 1.40. The van der Waals surface area contributed by atoms with Crippen LogP contribution in [0.1, 0.15) is 20.8 Å². The Hall–Kier alpha value is -1.65. The Kier molecular flexibility index (Phi) is 3.60. The van der Waals surface area contributed by atoms with E-state index in [1.165, 1.54) is 0 Å². The number of anilines is 1. The number of aromatic nitrogens is 2. The Balaban J connectivity index is 2.35. The molecule has 0 fully saturated rings. The maximum Gasteiger partial charge on any atom is 0.325 e. The van der Waals surface area contributed by atoms with Gasteiger partial charge in [0.15, 0.2) is 0 Å². The highest BCUT2D eigenvalue weighted by Crippen LogP contribution is 2.07. The number of carbonyl (C=O) groups excluding carboxylic acids is 1. The zero-order valence-electron chi connectivity index (χ0n) is 9.15. The lowest BCUT2D eigenvalue weighted by atomic mass is 10.2. The van der Waals surface area contributed by atoms with Crippen LogP contribution in [0, 0.1) is 0 Å². The number of hydrogen-bond acceptors (Lipinski definition) is 5. The van der Waals surface area contributed by atoms with Gasteiger partial charge in [0, 0.05) is 12.4 Å². The Bertz CT molecular complexity index is 319. The lowest BCUT2D eigenvalue weighted by molar-refractivity contribution is -0.152. The Morgan fingerprint density at radius 2 is 2.20 bits per heavy atom. The smallest absolute Gasteiger partial charge is 0.325 e. The van der Waals surface area contributed by atoms with Gasteiger partial charge in [-0.2, -0.15) is 0 Å². The van der Waals surface area contributed by atoms with Crippen molar-refractivity contribution in [3.8, 4) is 0 Å². The summed E-state index contributed by atoms with van der Waals surface area (Å²) < 4.78 is 5.11. The maximum absolute atomic E-state index is 11.3. The molecule has 82 valence electrons. The molecule has 0 spiro atoms. The molecular weight excluding hydrogens is 194 g/mol. The van der Waals surface area contributed by atoms with Crippen molar-refractivity contribution >= 4 is 11.8 Å². The third-order valence-electron chi connectivity index (χ3n) is 1.40. The van der Waals surface area contributed by atoms with Gasteiger partial charge in [0.1, 0.15) is 18.0 Å². The normalized spacial score (nSPS) is 10.9. The van der Waals surface area contributed by atoms with E-state index in [1.54, 1.807) is 18.6 Å². The average molecular weight is 209 g/mol. The van der Waals surface area contributed by atoms with E-state index in [0.29, 0.717) is 5.82 Å². The molecule has 0 saturated carbocycles. The first-order valence-electron chi connectivity index (χ1n) is 4.69. The monoisotopic (exact) mass is 209 g/mol. The summed E-state index contributed by atoms with van der Waals surface area (Å²) >= 11 is 0. The summed E-state index contributed by atoms with van der Waals surface area (Å²) in [5, 5.41) is 2.82. The van der Waals surface area contributed by atoms with E-state index in [2.05, 4.69) is 15.3 Å². The van der Waals surface area contributed by atoms with Gasteiger partial charge in [0.25, 0.3) is 0 Å². The van der Waals surface area contributed by atoms with Crippen LogP contribution in [0.25, 0.3) is 0 Å². The summed E-state index contributed by atoms with van der Waals surface area (Å²) in [5.41, 5.74) is -0.457. The van der Waals surface area contributed by atoms with Crippen LogP contribution in [0.3, 0.4) is 0 Å². The minimum Gasteiger partial charge on any atom is -0.459 e. The zero-order chi connectivity index (χ0) is 11.3. The molecule has 15 heavy (non-hydrogen) atoms. The van der Waals surface area contributed by atoms with E-state index < -0.39 is 5.60 Å². The van der Waals surface area contributed by atoms with Gasteiger partial charge in [0.2, 0.25) is 0 Å². The standard InChI is InChI=1S/C10H15N3O2/c1-10(2,3)15-9(14)7-13-8-6-11-4-5-12-8/h4-6H,7H2,1-3H3,(H,12,13). The Morgan fingerprint density at radius 3 is 2.73 bits per heavy atom. The van der Waals surface area contributed by atoms with E-state index >= 15 is 0 Å². The first kappa shape index (κ1) is 11.4. The van der Waals surface area contributed by atoms with Gasteiger partial charge >= 0.3 is 5.97 Å². The second-order valence-corrected chi connectivity index (χ2v) is 4.03. The molecule has 0 aliphatic carbocycles. The van der Waals surface area contributed by atoms with Crippen LogP contribution in [0.5, 0.6) is 0 Å². The predicted molar refractivity (Wildman–Crippen MR) is 56.4 cm³/mol. The van der Waals surface area contributed by atoms with Gasteiger partial charge in [0.05, 0.1) is 6.20 Å². The lowest BCUT2D eigenvalue weighted by Gasteiger charge is -2.19. The summed E-state index contributed by atoms with van der Waals surface area (Å²) in [5.74, 6) is 0.247. The Morgan fingerprint density at radius 1 is 1.47 bits per heavy atom. The number of rotatable bonds is 3. The molecule has 1 rings (SSSR count). The molecule has 0 atom stereocenters. The van der Waals surface area contributed by atoms with Crippen LogP contribution in [0.2, 0.25) is 0 Å². The zero-order valence-corrected chi connectivity index (χ0v) is 9.15. The molecule has 1 aromatic rings. The van der Waals surface area contributed by atoms with Crippen molar-refractivity contribution < 1.29 is 9.53 Å². The minimum absolute atomic E-state index is 0.0932. The number of nitrogens with zero attached hydrogens (tertiary/aromatic N) is 2. The van der Waals surface area contributed by atoms with Crippen molar-refractivity contribution in [1.29, 1.82) is 0 Å². The lowest BCUT2D eigenvalue weighted by Crippen LogP contribution is -2.28. The van der Waals surface area contributed by atoms with E-state index in [4.69, 9.17) is 4.74 Å². The van der Waals surface area contributed by atoms with Crippen molar-refractivity contribution in [2.45, 2.75) is 26.4 Å². The second-order valence-electron chi connectivity index (χ2n) is 4.03. The van der Waals surface area contributed by atoms with Crippen molar-refractivity contribution in [1.82, 2.24) is 9.97 Å². The van der Waals surface area contributed by atoms with Crippen molar-refractivity contribution in [2.24, 2.45) is 0 Å². The van der Waals surface area contributed by atoms with Gasteiger partial charge in [-0.15, -0.1) is 0 Å². The van der Waals surface area contributed by atoms with Gasteiger partial charge in [-0.3, -0.25) is 9.78 Å². The first-order chi connectivity index (χ1) is 6.97. The molecule has 0 aliphatic heterocycles. The molecule has 0 amide bonds. The molecule has 0 bridgehead atoms. The molecule has 0 aromatic carbocycles. The SMILES string of the molecule is CC(C)(C)OC(=O)CNc1cnccn1. The quantitative estimate of drug-likeness (QED) is 0.758. The van der Waals surface area contributed by atoms with Crippen LogP contribution >= 0.6 is 0 Å². The molecule has 0 radical (unpaired) electrons. The molecule has 1 heterocycles. The maximum atomic E-state index is 11.3. The molecule has 0 aliphatic rings. The molecule has 0 saturated heterocycles. The van der Waals surface area contributed by atoms with Crippen LogP contribution in [-0.4, -0.2) is 28.1 Å². The largest absolute Gasteiger partial charge is 0.459 e. The molecule has 0 unspecified atom stereocenters. The highest BCUT2D eigenvalue weighted by Gasteiger charge is 2.15. The number of carbonyl (C=O) groups is 1. The molecule has 5 heteroatoms. The summed E-state index contributed by atoms with van der Waals surface area (Å²) in [7, 11) is 0. The van der Waals surface area contributed by atoms with Crippen LogP contribution in [0.4, 0.5) is 5.82 Å². The topological polar surface area (TPSA) is 64.1 Å². The van der Waals surface area contributed by atoms with E-state index in [9.17, 15) is 4.79 Å². The molecule has 1 N–H and O–H groups in total. The summed E-state index contributed by atoms with van der Waals surface area (Å²) in [4.78, 5) is 19.1. The van der Waals surface area contributed by atoms with Gasteiger partial charge < -0.3 is 10.1 Å². The molecule has 5 nitrogen and oxygen atoms in total. The summed E-state index contributed by atoms with van der Waals surface area (Å²) in [6.07, 6.45) is 4.67. The van der Waals surface area contributed by atoms with Crippen molar-refractivity contribution in [3.05, 3.63) is 18.6 Å². The fourth-order valence-electron chi connectivity index (χ4n) is 0.931.